The molecule has 0 saturated carbocycles. The Morgan fingerprint density at radius 3 is 2.53 bits per heavy atom. The fourth-order valence-electron chi connectivity index (χ4n) is 1.81. The maximum absolute atomic E-state index is 10.8. The van der Waals surface area contributed by atoms with E-state index >= 15 is 0 Å². The first-order valence-corrected chi connectivity index (χ1v) is 6.04. The predicted molar refractivity (Wildman–Crippen MR) is 72.3 cm³/mol. The van der Waals surface area contributed by atoms with Crippen molar-refractivity contribution in [2.24, 2.45) is 5.92 Å². The first kappa shape index (κ1) is 14.9. The number of benzene rings is 1. The van der Waals surface area contributed by atoms with Crippen molar-refractivity contribution in [3.05, 3.63) is 33.9 Å². The van der Waals surface area contributed by atoms with E-state index in [1.807, 2.05) is 13.8 Å². The molecule has 0 fully saturated rings. The second-order valence-corrected chi connectivity index (χ2v) is 4.85. The molecule has 0 aliphatic heterocycles. The number of nitro groups is 1. The third kappa shape index (κ3) is 4.24. The highest BCUT2D eigenvalue weighted by atomic mass is 16.6. The number of carboxylic acids is 1. The highest BCUT2D eigenvalue weighted by Gasteiger charge is 2.18. The van der Waals surface area contributed by atoms with Gasteiger partial charge in [0.15, 0.2) is 0 Å². The summed E-state index contributed by atoms with van der Waals surface area (Å²) in [7, 11) is 0. The predicted octanol–water partition coefficient (Wildman–Crippen LogP) is 2.81. The third-order valence-corrected chi connectivity index (χ3v) is 2.94. The van der Waals surface area contributed by atoms with E-state index in [0.717, 1.165) is 0 Å². The van der Waals surface area contributed by atoms with Crippen molar-refractivity contribution >= 4 is 17.3 Å². The molecule has 1 rings (SSSR count). The monoisotopic (exact) mass is 266 g/mol. The van der Waals surface area contributed by atoms with Crippen LogP contribution in [0, 0.1) is 23.0 Å². The summed E-state index contributed by atoms with van der Waals surface area (Å²) in [4.78, 5) is 21.1. The van der Waals surface area contributed by atoms with E-state index in [-0.39, 0.29) is 24.1 Å². The average Bonchev–Trinajstić information content (AvgIpc) is 2.26. The van der Waals surface area contributed by atoms with E-state index in [0.29, 0.717) is 11.3 Å². The fourth-order valence-corrected chi connectivity index (χ4v) is 1.81. The van der Waals surface area contributed by atoms with Gasteiger partial charge in [-0.15, -0.1) is 0 Å². The smallest absolute Gasteiger partial charge is 0.305 e. The second kappa shape index (κ2) is 6.17. The molecule has 0 bridgehead atoms. The number of hydrogen-bond acceptors (Lipinski definition) is 4. The van der Waals surface area contributed by atoms with Crippen LogP contribution in [0.5, 0.6) is 0 Å². The number of rotatable bonds is 6. The molecule has 1 atom stereocenters. The third-order valence-electron chi connectivity index (χ3n) is 2.94. The summed E-state index contributed by atoms with van der Waals surface area (Å²) in [6.07, 6.45) is 0.00764. The molecule has 0 heterocycles. The molecule has 104 valence electrons. The molecule has 19 heavy (non-hydrogen) atoms. The van der Waals surface area contributed by atoms with Gasteiger partial charge >= 0.3 is 5.97 Å². The van der Waals surface area contributed by atoms with Crippen LogP contribution in [-0.4, -0.2) is 22.0 Å². The van der Waals surface area contributed by atoms with E-state index in [1.165, 1.54) is 6.07 Å². The Bertz CT molecular complexity index is 486. The van der Waals surface area contributed by atoms with Crippen molar-refractivity contribution < 1.29 is 14.8 Å². The van der Waals surface area contributed by atoms with Gasteiger partial charge in [-0.3, -0.25) is 14.9 Å². The summed E-state index contributed by atoms with van der Waals surface area (Å²) in [6.45, 7) is 5.52. The van der Waals surface area contributed by atoms with Crippen LogP contribution < -0.4 is 5.32 Å². The van der Waals surface area contributed by atoms with Gasteiger partial charge in [-0.05, 0) is 25.0 Å². The molecule has 0 saturated heterocycles. The molecule has 6 heteroatoms. The van der Waals surface area contributed by atoms with Gasteiger partial charge in [0.1, 0.15) is 0 Å². The summed E-state index contributed by atoms with van der Waals surface area (Å²) in [6, 6.07) is 4.48. The van der Waals surface area contributed by atoms with Crippen molar-refractivity contribution in [2.45, 2.75) is 33.2 Å². The number of hydrogen-bond donors (Lipinski definition) is 2. The minimum Gasteiger partial charge on any atom is -0.481 e. The number of carboxylic acid groups (broad SMARTS) is 1. The van der Waals surface area contributed by atoms with Gasteiger partial charge in [0.05, 0.1) is 11.3 Å². The zero-order valence-electron chi connectivity index (χ0n) is 11.2. The van der Waals surface area contributed by atoms with Crippen molar-refractivity contribution in [2.75, 3.05) is 5.32 Å². The van der Waals surface area contributed by atoms with Crippen LogP contribution in [0.15, 0.2) is 18.2 Å². The molecule has 1 aromatic rings. The number of nitro benzene ring substituents is 1. The largest absolute Gasteiger partial charge is 0.481 e. The van der Waals surface area contributed by atoms with Crippen LogP contribution in [0.1, 0.15) is 25.8 Å². The first-order valence-electron chi connectivity index (χ1n) is 6.04. The highest BCUT2D eigenvalue weighted by Crippen LogP contribution is 2.23. The molecule has 0 radical (unpaired) electrons. The van der Waals surface area contributed by atoms with E-state index < -0.39 is 10.9 Å². The number of aliphatic carboxylic acids is 1. The topological polar surface area (TPSA) is 92.5 Å². The number of anilines is 1. The standard InChI is InChI=1S/C13H18N2O4/c1-8(2)11(7-13(16)17)14-10-4-5-12(15(18)19)9(3)6-10/h4-6,8,11,14H,7H2,1-3H3,(H,16,17). The Kier molecular flexibility index (Phi) is 4.86. The lowest BCUT2D eigenvalue weighted by Gasteiger charge is -2.22. The normalized spacial score (nSPS) is 12.2. The Morgan fingerprint density at radius 1 is 1.47 bits per heavy atom. The molecular weight excluding hydrogens is 248 g/mol. The SMILES string of the molecule is Cc1cc(NC(CC(=O)O)C(C)C)ccc1[N+](=O)[O-]. The van der Waals surface area contributed by atoms with Gasteiger partial charge in [-0.1, -0.05) is 13.8 Å². The van der Waals surface area contributed by atoms with Crippen LogP contribution in [0.3, 0.4) is 0 Å². The van der Waals surface area contributed by atoms with Crippen LogP contribution in [0.4, 0.5) is 11.4 Å². The second-order valence-electron chi connectivity index (χ2n) is 4.85. The summed E-state index contributed by atoms with van der Waals surface area (Å²) >= 11 is 0. The molecular formula is C13H18N2O4. The fraction of sp³-hybridized carbons (Fsp3) is 0.462. The molecule has 0 aliphatic carbocycles. The Morgan fingerprint density at radius 2 is 2.11 bits per heavy atom. The van der Waals surface area contributed by atoms with Crippen molar-refractivity contribution in [1.29, 1.82) is 0 Å². The molecule has 0 aliphatic rings. The molecule has 6 nitrogen and oxygen atoms in total. The van der Waals surface area contributed by atoms with Crippen LogP contribution in [0.2, 0.25) is 0 Å². The lowest BCUT2D eigenvalue weighted by molar-refractivity contribution is -0.385. The van der Waals surface area contributed by atoms with Crippen LogP contribution >= 0.6 is 0 Å². The van der Waals surface area contributed by atoms with E-state index in [2.05, 4.69) is 5.32 Å². The number of nitrogens with zero attached hydrogens (tertiary/aromatic N) is 1. The average molecular weight is 266 g/mol. The quantitative estimate of drug-likeness (QED) is 0.610. The maximum atomic E-state index is 10.8. The summed E-state index contributed by atoms with van der Waals surface area (Å²) < 4.78 is 0. The minimum absolute atomic E-state index is 0.00764. The maximum Gasteiger partial charge on any atom is 0.305 e. The van der Waals surface area contributed by atoms with E-state index in [4.69, 9.17) is 5.11 Å². The Labute approximate surface area is 111 Å². The molecule has 0 amide bonds. The minimum atomic E-state index is -0.871. The summed E-state index contributed by atoms with van der Waals surface area (Å²) in [5.41, 5.74) is 1.31. The molecule has 1 unspecified atom stereocenters. The highest BCUT2D eigenvalue weighted by molar-refractivity contribution is 5.68. The number of nitrogens with one attached hydrogen (secondary N) is 1. The lowest BCUT2D eigenvalue weighted by atomic mass is 10.0. The van der Waals surface area contributed by atoms with Gasteiger partial charge in [-0.25, -0.2) is 0 Å². The molecule has 0 spiro atoms. The van der Waals surface area contributed by atoms with Gasteiger partial charge in [0.2, 0.25) is 0 Å². The van der Waals surface area contributed by atoms with Gasteiger partial charge in [-0.2, -0.15) is 0 Å². The number of aryl methyl sites for hydroxylation is 1. The lowest BCUT2D eigenvalue weighted by Crippen LogP contribution is -2.28. The van der Waals surface area contributed by atoms with Gasteiger partial charge < -0.3 is 10.4 Å². The Balaban J connectivity index is 2.88. The zero-order chi connectivity index (χ0) is 14.6. The van der Waals surface area contributed by atoms with Crippen LogP contribution in [-0.2, 0) is 4.79 Å². The number of carbonyl (C=O) groups is 1. The zero-order valence-corrected chi connectivity index (χ0v) is 11.2. The van der Waals surface area contributed by atoms with Gasteiger partial charge in [0, 0.05) is 23.4 Å². The molecule has 1 aromatic carbocycles. The van der Waals surface area contributed by atoms with Crippen molar-refractivity contribution in [1.82, 2.24) is 0 Å². The van der Waals surface area contributed by atoms with Crippen molar-refractivity contribution in [3.63, 3.8) is 0 Å². The van der Waals surface area contributed by atoms with Crippen LogP contribution in [0.25, 0.3) is 0 Å². The van der Waals surface area contributed by atoms with Gasteiger partial charge in [0.25, 0.3) is 5.69 Å². The Hall–Kier alpha value is -2.11. The van der Waals surface area contributed by atoms with E-state index in [9.17, 15) is 14.9 Å². The molecule has 0 aromatic heterocycles. The molecule has 2 N–H and O–H groups in total. The first-order chi connectivity index (χ1) is 8.81. The van der Waals surface area contributed by atoms with E-state index in [1.54, 1.807) is 19.1 Å². The summed E-state index contributed by atoms with van der Waals surface area (Å²) in [5, 5.41) is 22.7. The summed E-state index contributed by atoms with van der Waals surface area (Å²) in [5.74, 6) is -0.726. The van der Waals surface area contributed by atoms with Crippen molar-refractivity contribution in [3.8, 4) is 0 Å².